The van der Waals surface area contributed by atoms with E-state index in [4.69, 9.17) is 0 Å². The van der Waals surface area contributed by atoms with Gasteiger partial charge in [0.05, 0.1) is 0 Å². The van der Waals surface area contributed by atoms with E-state index in [-0.39, 0.29) is 23.9 Å². The molecule has 0 atom stereocenters. The molecular weight excluding hydrogens is 420 g/mol. The molecule has 9 nitrogen and oxygen atoms in total. The highest BCUT2D eigenvalue weighted by molar-refractivity contribution is 5.93. The topological polar surface area (TPSA) is 99.6 Å². The maximum absolute atomic E-state index is 12.5. The number of carbonyl (C=O) groups is 2. The summed E-state index contributed by atoms with van der Waals surface area (Å²) >= 11 is 0. The smallest absolute Gasteiger partial charge is 0.267 e. The summed E-state index contributed by atoms with van der Waals surface area (Å²) < 4.78 is 1.17. The zero-order chi connectivity index (χ0) is 23.2. The van der Waals surface area contributed by atoms with E-state index in [0.29, 0.717) is 17.2 Å². The molecule has 2 heterocycles. The molecule has 0 aliphatic carbocycles. The summed E-state index contributed by atoms with van der Waals surface area (Å²) in [5, 5.41) is 9.84. The molecule has 2 aromatic carbocycles. The number of aromatic nitrogens is 2. The molecule has 4 rings (SSSR count). The third kappa shape index (κ3) is 5.76. The van der Waals surface area contributed by atoms with Crippen LogP contribution in [0.1, 0.15) is 6.92 Å². The van der Waals surface area contributed by atoms with Gasteiger partial charge in [-0.1, -0.05) is 24.3 Å². The van der Waals surface area contributed by atoms with Crippen molar-refractivity contribution in [3.05, 3.63) is 77.1 Å². The largest absolute Gasteiger partial charge is 0.368 e. The first-order valence-electron chi connectivity index (χ1n) is 10.8. The van der Waals surface area contributed by atoms with E-state index in [9.17, 15) is 14.4 Å². The van der Waals surface area contributed by atoms with Crippen LogP contribution in [0.15, 0.2) is 71.5 Å². The van der Waals surface area contributed by atoms with Gasteiger partial charge in [0.15, 0.2) is 0 Å². The number of carbonyl (C=O) groups excluding carboxylic acids is 2. The summed E-state index contributed by atoms with van der Waals surface area (Å²) in [6, 6.07) is 20.2. The second kappa shape index (κ2) is 9.99. The first-order chi connectivity index (χ1) is 16.0. The van der Waals surface area contributed by atoms with Crippen LogP contribution in [-0.4, -0.2) is 47.8 Å². The average molecular weight is 447 g/mol. The first-order valence-corrected chi connectivity index (χ1v) is 10.8. The summed E-state index contributed by atoms with van der Waals surface area (Å²) in [6.07, 6.45) is 0. The van der Waals surface area contributed by atoms with Crippen molar-refractivity contribution in [3.8, 4) is 0 Å². The molecule has 1 aliphatic rings. The number of hydrogen-bond donors (Lipinski definition) is 2. The number of piperazine rings is 1. The first kappa shape index (κ1) is 22.1. The lowest BCUT2D eigenvalue weighted by molar-refractivity contribution is -0.117. The summed E-state index contributed by atoms with van der Waals surface area (Å²) in [6.45, 7) is 4.43. The van der Waals surface area contributed by atoms with Gasteiger partial charge in [-0.2, -0.15) is 5.10 Å². The molecule has 3 aromatic rings. The fourth-order valence-corrected chi connectivity index (χ4v) is 3.77. The fourth-order valence-electron chi connectivity index (χ4n) is 3.77. The highest BCUT2D eigenvalue weighted by Crippen LogP contribution is 2.18. The van der Waals surface area contributed by atoms with Crippen LogP contribution in [0.4, 0.5) is 22.9 Å². The predicted molar refractivity (Wildman–Crippen MR) is 129 cm³/mol. The van der Waals surface area contributed by atoms with Crippen LogP contribution in [-0.2, 0) is 16.1 Å². The summed E-state index contributed by atoms with van der Waals surface area (Å²) in [5.41, 5.74) is 1.94. The normalized spacial score (nSPS) is 13.5. The van der Waals surface area contributed by atoms with Gasteiger partial charge in [-0.3, -0.25) is 14.4 Å². The Kier molecular flexibility index (Phi) is 6.68. The molecule has 1 saturated heterocycles. The van der Waals surface area contributed by atoms with Gasteiger partial charge in [-0.15, -0.1) is 0 Å². The molecule has 0 saturated carbocycles. The number of para-hydroxylation sites is 1. The van der Waals surface area contributed by atoms with Gasteiger partial charge in [0, 0.05) is 56.2 Å². The molecule has 0 spiro atoms. The number of benzene rings is 2. The second-order valence-electron chi connectivity index (χ2n) is 7.81. The van der Waals surface area contributed by atoms with Crippen molar-refractivity contribution in [3.63, 3.8) is 0 Å². The van der Waals surface area contributed by atoms with Crippen LogP contribution < -0.4 is 26.0 Å². The van der Waals surface area contributed by atoms with E-state index in [1.54, 1.807) is 30.3 Å². The van der Waals surface area contributed by atoms with Crippen LogP contribution in [0.3, 0.4) is 0 Å². The van der Waals surface area contributed by atoms with E-state index in [1.165, 1.54) is 23.4 Å². The molecule has 170 valence electrons. The zero-order valence-electron chi connectivity index (χ0n) is 18.4. The van der Waals surface area contributed by atoms with Gasteiger partial charge in [0.1, 0.15) is 12.4 Å². The highest BCUT2D eigenvalue weighted by Gasteiger charge is 2.19. The Bertz CT molecular complexity index is 1190. The molecule has 9 heteroatoms. The number of nitrogens with one attached hydrogen (secondary N) is 2. The monoisotopic (exact) mass is 446 g/mol. The number of hydrogen-bond acceptors (Lipinski definition) is 6. The number of amides is 2. The van der Waals surface area contributed by atoms with Crippen molar-refractivity contribution in [2.24, 2.45) is 0 Å². The zero-order valence-corrected chi connectivity index (χ0v) is 18.4. The van der Waals surface area contributed by atoms with Crippen molar-refractivity contribution in [1.29, 1.82) is 0 Å². The van der Waals surface area contributed by atoms with Gasteiger partial charge in [0.25, 0.3) is 5.56 Å². The average Bonchev–Trinajstić information content (AvgIpc) is 2.81. The van der Waals surface area contributed by atoms with E-state index in [1.807, 2.05) is 18.2 Å². The molecule has 2 N–H and O–H groups in total. The number of anilines is 4. The van der Waals surface area contributed by atoms with Gasteiger partial charge in [-0.05, 0) is 36.4 Å². The van der Waals surface area contributed by atoms with Gasteiger partial charge in [-0.25, -0.2) is 4.68 Å². The SMILES string of the molecule is CC(=O)Nc1cccc(NC(=O)Cn2nc(N3CCN(c4ccccc4)CC3)ccc2=O)c1. The summed E-state index contributed by atoms with van der Waals surface area (Å²) in [7, 11) is 0. The Morgan fingerprint density at radius 2 is 1.52 bits per heavy atom. The predicted octanol–water partition coefficient (Wildman–Crippen LogP) is 2.17. The summed E-state index contributed by atoms with van der Waals surface area (Å²) in [4.78, 5) is 40.5. The Morgan fingerprint density at radius 3 is 2.21 bits per heavy atom. The van der Waals surface area contributed by atoms with Crippen molar-refractivity contribution < 1.29 is 9.59 Å². The minimum Gasteiger partial charge on any atom is -0.368 e. The van der Waals surface area contributed by atoms with Crippen molar-refractivity contribution >= 4 is 34.7 Å². The number of rotatable bonds is 6. The third-order valence-corrected chi connectivity index (χ3v) is 5.34. The molecule has 33 heavy (non-hydrogen) atoms. The quantitative estimate of drug-likeness (QED) is 0.602. The van der Waals surface area contributed by atoms with Crippen molar-refractivity contribution in [1.82, 2.24) is 9.78 Å². The van der Waals surface area contributed by atoms with Gasteiger partial charge >= 0.3 is 0 Å². The Balaban J connectivity index is 1.39. The highest BCUT2D eigenvalue weighted by atomic mass is 16.2. The lowest BCUT2D eigenvalue weighted by Crippen LogP contribution is -2.47. The van der Waals surface area contributed by atoms with E-state index in [0.717, 1.165) is 26.2 Å². The van der Waals surface area contributed by atoms with Crippen LogP contribution in [0.5, 0.6) is 0 Å². The lowest BCUT2D eigenvalue weighted by Gasteiger charge is -2.36. The maximum Gasteiger partial charge on any atom is 0.267 e. The molecule has 1 aromatic heterocycles. The number of nitrogens with zero attached hydrogens (tertiary/aromatic N) is 4. The second-order valence-corrected chi connectivity index (χ2v) is 7.81. The standard InChI is InChI=1S/C24H26N6O3/c1-18(31)25-19-6-5-7-20(16-19)26-23(32)17-30-24(33)11-10-22(27-30)29-14-12-28(13-15-29)21-8-3-2-4-9-21/h2-11,16H,12-15,17H2,1H3,(H,25,31)(H,26,32). The maximum atomic E-state index is 12.5. The Labute approximate surface area is 191 Å². The molecule has 1 aliphatic heterocycles. The van der Waals surface area contributed by atoms with Crippen molar-refractivity contribution in [2.75, 3.05) is 46.6 Å². The van der Waals surface area contributed by atoms with E-state index in [2.05, 4.69) is 37.7 Å². The van der Waals surface area contributed by atoms with Crippen LogP contribution in [0.25, 0.3) is 0 Å². The third-order valence-electron chi connectivity index (χ3n) is 5.34. The Hall–Kier alpha value is -4.14. The van der Waals surface area contributed by atoms with Crippen LogP contribution in [0.2, 0.25) is 0 Å². The molecule has 0 unspecified atom stereocenters. The molecule has 2 amide bonds. The molecular formula is C24H26N6O3. The van der Waals surface area contributed by atoms with Crippen LogP contribution >= 0.6 is 0 Å². The molecule has 0 radical (unpaired) electrons. The molecule has 0 bridgehead atoms. The van der Waals surface area contributed by atoms with Crippen molar-refractivity contribution in [2.45, 2.75) is 13.5 Å². The van der Waals surface area contributed by atoms with Gasteiger partial charge < -0.3 is 20.4 Å². The Morgan fingerprint density at radius 1 is 0.848 bits per heavy atom. The molecule has 1 fully saturated rings. The lowest BCUT2D eigenvalue weighted by atomic mass is 10.2. The van der Waals surface area contributed by atoms with Gasteiger partial charge in [0.2, 0.25) is 11.8 Å². The van der Waals surface area contributed by atoms with E-state index >= 15 is 0 Å². The fraction of sp³-hybridized carbons (Fsp3) is 0.250. The minimum absolute atomic E-state index is 0.198. The minimum atomic E-state index is -0.379. The van der Waals surface area contributed by atoms with E-state index < -0.39 is 0 Å². The van der Waals surface area contributed by atoms with Crippen LogP contribution in [0, 0.1) is 0 Å². The summed E-state index contributed by atoms with van der Waals surface area (Å²) in [5.74, 6) is 0.0917.